The number of hydrogen-bond acceptors (Lipinski definition) is 6. The fourth-order valence-electron chi connectivity index (χ4n) is 2.74. The van der Waals surface area contributed by atoms with Crippen LogP contribution in [0.25, 0.3) is 10.8 Å². The first-order valence-electron chi connectivity index (χ1n) is 8.79. The van der Waals surface area contributed by atoms with Crippen LogP contribution >= 0.6 is 34.7 Å². The number of carbonyl (C=O) groups is 1. The van der Waals surface area contributed by atoms with Crippen LogP contribution in [0.1, 0.15) is 5.56 Å². The molecule has 0 fully saturated rings. The minimum absolute atomic E-state index is 0.151. The van der Waals surface area contributed by atoms with E-state index in [1.165, 1.54) is 27.7 Å². The number of rotatable bonds is 7. The summed E-state index contributed by atoms with van der Waals surface area (Å²) >= 11 is 8.94. The van der Waals surface area contributed by atoms with E-state index in [0.29, 0.717) is 15.9 Å². The quantitative estimate of drug-likeness (QED) is 0.296. The number of anilines is 1. The molecule has 1 aromatic heterocycles. The molecule has 29 heavy (non-hydrogen) atoms. The minimum atomic E-state index is -0.313. The molecule has 0 saturated carbocycles. The first kappa shape index (κ1) is 19.7. The molecule has 1 heterocycles. The zero-order valence-corrected chi connectivity index (χ0v) is 17.6. The van der Waals surface area contributed by atoms with E-state index in [1.54, 1.807) is 36.0 Å². The molecule has 1 amide bonds. The predicted molar refractivity (Wildman–Crippen MR) is 119 cm³/mol. The van der Waals surface area contributed by atoms with Gasteiger partial charge in [-0.25, -0.2) is 0 Å². The van der Waals surface area contributed by atoms with Gasteiger partial charge in [0.15, 0.2) is 10.9 Å². The highest BCUT2D eigenvalue weighted by Crippen LogP contribution is 2.31. The molecule has 0 aliphatic heterocycles. The molecule has 3 aromatic carbocycles. The Kier molecular flexibility index (Phi) is 6.29. The Labute approximate surface area is 181 Å². The summed E-state index contributed by atoms with van der Waals surface area (Å²) in [6.45, 7) is -0.151. The Morgan fingerprint density at radius 1 is 1.03 bits per heavy atom. The van der Waals surface area contributed by atoms with E-state index in [-0.39, 0.29) is 12.5 Å². The molecule has 0 aliphatic rings. The number of thioether (sulfide) groups is 1. The first-order valence-corrected chi connectivity index (χ1v) is 11.0. The average molecular weight is 442 g/mol. The number of halogens is 1. The summed E-state index contributed by atoms with van der Waals surface area (Å²) in [4.78, 5) is 12.1. The number of para-hydroxylation sites is 1. The van der Waals surface area contributed by atoms with Gasteiger partial charge in [0, 0.05) is 5.75 Å². The molecule has 4 rings (SSSR count). The molecule has 4 aromatic rings. The van der Waals surface area contributed by atoms with Gasteiger partial charge in [-0.2, -0.15) is 0 Å². The normalized spacial score (nSPS) is 10.8. The number of amides is 1. The van der Waals surface area contributed by atoms with Crippen LogP contribution in [-0.2, 0) is 10.5 Å². The van der Waals surface area contributed by atoms with Crippen LogP contribution in [0, 0.1) is 0 Å². The second-order valence-electron chi connectivity index (χ2n) is 6.07. The molecule has 0 bridgehead atoms. The van der Waals surface area contributed by atoms with Crippen molar-refractivity contribution >= 4 is 56.5 Å². The molecular formula is C21H16ClN3O2S2. The van der Waals surface area contributed by atoms with Gasteiger partial charge in [-0.15, -0.1) is 10.2 Å². The number of aromatic nitrogens is 2. The van der Waals surface area contributed by atoms with E-state index in [9.17, 15) is 4.79 Å². The molecule has 5 nitrogen and oxygen atoms in total. The number of ether oxygens (including phenoxy) is 1. The topological polar surface area (TPSA) is 64.1 Å². The molecule has 1 N–H and O–H groups in total. The molecule has 0 aliphatic carbocycles. The van der Waals surface area contributed by atoms with Gasteiger partial charge in [-0.3, -0.25) is 10.1 Å². The molecule has 146 valence electrons. The van der Waals surface area contributed by atoms with Gasteiger partial charge < -0.3 is 4.74 Å². The molecule has 0 saturated heterocycles. The number of carbonyl (C=O) groups excluding carboxylic acids is 1. The highest BCUT2D eigenvalue weighted by molar-refractivity contribution is 8.00. The molecular weight excluding hydrogens is 426 g/mol. The fraction of sp³-hybridized carbons (Fsp3) is 0.0952. The summed E-state index contributed by atoms with van der Waals surface area (Å²) in [7, 11) is 0. The monoisotopic (exact) mass is 441 g/mol. The van der Waals surface area contributed by atoms with Crippen molar-refractivity contribution in [1.29, 1.82) is 0 Å². The Bertz CT molecular complexity index is 1140. The summed E-state index contributed by atoms with van der Waals surface area (Å²) in [5.41, 5.74) is 1.24. The van der Waals surface area contributed by atoms with Crippen LogP contribution in [0.3, 0.4) is 0 Å². The lowest BCUT2D eigenvalue weighted by Gasteiger charge is -2.06. The summed E-state index contributed by atoms with van der Waals surface area (Å²) in [6.07, 6.45) is 0. The van der Waals surface area contributed by atoms with Crippen molar-refractivity contribution in [3.8, 4) is 5.75 Å². The lowest BCUT2D eigenvalue weighted by molar-refractivity contribution is -0.118. The maximum Gasteiger partial charge on any atom is 0.264 e. The van der Waals surface area contributed by atoms with E-state index in [1.807, 2.05) is 12.1 Å². The third kappa shape index (κ3) is 5.06. The van der Waals surface area contributed by atoms with Crippen LogP contribution in [0.5, 0.6) is 5.75 Å². The summed E-state index contributed by atoms with van der Waals surface area (Å²) in [5.74, 6) is 0.930. The third-order valence-electron chi connectivity index (χ3n) is 4.08. The van der Waals surface area contributed by atoms with Gasteiger partial charge in [-0.05, 0) is 28.5 Å². The molecule has 0 atom stereocenters. The Balaban J connectivity index is 1.32. The Hall–Kier alpha value is -2.61. The Morgan fingerprint density at radius 3 is 2.72 bits per heavy atom. The summed E-state index contributed by atoms with van der Waals surface area (Å²) in [6, 6.07) is 21.6. The van der Waals surface area contributed by atoms with E-state index >= 15 is 0 Å². The van der Waals surface area contributed by atoms with Gasteiger partial charge in [0.2, 0.25) is 5.13 Å². The third-order valence-corrected chi connectivity index (χ3v) is 6.41. The number of benzene rings is 3. The van der Waals surface area contributed by atoms with Crippen LogP contribution < -0.4 is 10.1 Å². The smallest absolute Gasteiger partial charge is 0.264 e. The number of nitrogens with one attached hydrogen (secondary N) is 1. The van der Waals surface area contributed by atoms with Crippen LogP contribution in [-0.4, -0.2) is 22.7 Å². The second-order valence-corrected chi connectivity index (χ2v) is 8.67. The number of nitrogens with zero attached hydrogens (tertiary/aromatic N) is 2. The standard InChI is InChI=1S/C21H16ClN3O2S2/c22-17-10-3-4-11-18(17)27-12-19(26)23-20-24-25-21(29-20)28-13-15-8-5-7-14-6-1-2-9-16(14)15/h1-11H,12-13H2,(H,23,24,26). The van der Waals surface area contributed by atoms with Crippen molar-refractivity contribution < 1.29 is 9.53 Å². The summed E-state index contributed by atoms with van der Waals surface area (Å²) in [5, 5.41) is 14.2. The van der Waals surface area contributed by atoms with Gasteiger partial charge in [-0.1, -0.05) is 89.3 Å². The largest absolute Gasteiger partial charge is 0.482 e. The molecule has 0 spiro atoms. The van der Waals surface area contributed by atoms with Gasteiger partial charge in [0.05, 0.1) is 5.02 Å². The van der Waals surface area contributed by atoms with E-state index in [0.717, 1.165) is 10.1 Å². The van der Waals surface area contributed by atoms with Crippen molar-refractivity contribution in [2.24, 2.45) is 0 Å². The van der Waals surface area contributed by atoms with Crippen LogP contribution in [0.15, 0.2) is 71.1 Å². The van der Waals surface area contributed by atoms with Crippen molar-refractivity contribution in [3.05, 3.63) is 77.3 Å². The lowest BCUT2D eigenvalue weighted by atomic mass is 10.1. The average Bonchev–Trinajstić information content (AvgIpc) is 3.19. The minimum Gasteiger partial charge on any atom is -0.482 e. The van der Waals surface area contributed by atoms with E-state index < -0.39 is 0 Å². The first-order chi connectivity index (χ1) is 14.2. The zero-order chi connectivity index (χ0) is 20.1. The maximum atomic E-state index is 12.1. The lowest BCUT2D eigenvalue weighted by Crippen LogP contribution is -2.20. The zero-order valence-electron chi connectivity index (χ0n) is 15.2. The Morgan fingerprint density at radius 2 is 1.83 bits per heavy atom. The van der Waals surface area contributed by atoms with Crippen LogP contribution in [0.4, 0.5) is 5.13 Å². The SMILES string of the molecule is O=C(COc1ccccc1Cl)Nc1nnc(SCc2cccc3ccccc23)s1. The molecule has 8 heteroatoms. The highest BCUT2D eigenvalue weighted by atomic mass is 35.5. The van der Waals surface area contributed by atoms with Crippen molar-refractivity contribution in [3.63, 3.8) is 0 Å². The summed E-state index contributed by atoms with van der Waals surface area (Å²) < 4.78 is 6.22. The number of hydrogen-bond donors (Lipinski definition) is 1. The van der Waals surface area contributed by atoms with Crippen molar-refractivity contribution in [1.82, 2.24) is 10.2 Å². The van der Waals surface area contributed by atoms with Gasteiger partial charge >= 0.3 is 0 Å². The fourth-order valence-corrected chi connectivity index (χ4v) is 4.70. The van der Waals surface area contributed by atoms with Crippen molar-refractivity contribution in [2.45, 2.75) is 10.1 Å². The molecule has 0 unspecified atom stereocenters. The second kappa shape index (κ2) is 9.26. The van der Waals surface area contributed by atoms with Gasteiger partial charge in [0.1, 0.15) is 5.75 Å². The number of fused-ring (bicyclic) bond motifs is 1. The predicted octanol–water partition coefficient (Wildman–Crippen LogP) is 5.65. The van der Waals surface area contributed by atoms with Gasteiger partial charge in [0.25, 0.3) is 5.91 Å². The van der Waals surface area contributed by atoms with E-state index in [2.05, 4.69) is 45.8 Å². The van der Waals surface area contributed by atoms with E-state index in [4.69, 9.17) is 16.3 Å². The molecule has 0 radical (unpaired) electrons. The van der Waals surface area contributed by atoms with Crippen LogP contribution in [0.2, 0.25) is 5.02 Å². The van der Waals surface area contributed by atoms with Crippen molar-refractivity contribution in [2.75, 3.05) is 11.9 Å². The maximum absolute atomic E-state index is 12.1. The highest BCUT2D eigenvalue weighted by Gasteiger charge is 2.11.